The van der Waals surface area contributed by atoms with E-state index in [1.165, 1.54) is 13.3 Å². The van der Waals surface area contributed by atoms with Gasteiger partial charge in [-0.15, -0.1) is 0 Å². The van der Waals surface area contributed by atoms with Gasteiger partial charge in [0.05, 0.1) is 23.4 Å². The summed E-state index contributed by atoms with van der Waals surface area (Å²) in [5, 5.41) is 3.45. The topological polar surface area (TPSA) is 71.5 Å². The van der Waals surface area contributed by atoms with E-state index in [4.69, 9.17) is 16.3 Å². The fourth-order valence-corrected chi connectivity index (χ4v) is 2.76. The molecular formula is C21H18ClN3O3. The molecule has 2 aromatic carbocycles. The number of hydrogen-bond donors (Lipinski definition) is 1. The molecule has 0 saturated carbocycles. The van der Waals surface area contributed by atoms with E-state index in [1.807, 2.05) is 30.3 Å². The highest BCUT2D eigenvalue weighted by atomic mass is 35.5. The molecule has 0 fully saturated rings. The van der Waals surface area contributed by atoms with E-state index in [0.717, 1.165) is 5.69 Å². The number of hydrogen-bond acceptors (Lipinski definition) is 5. The lowest BCUT2D eigenvalue weighted by Crippen LogP contribution is -2.26. The zero-order chi connectivity index (χ0) is 20.1. The van der Waals surface area contributed by atoms with Gasteiger partial charge in [0.1, 0.15) is 5.82 Å². The van der Waals surface area contributed by atoms with Crippen LogP contribution in [0.15, 0.2) is 66.9 Å². The van der Waals surface area contributed by atoms with Crippen molar-refractivity contribution in [3.8, 4) is 0 Å². The van der Waals surface area contributed by atoms with E-state index in [0.29, 0.717) is 27.7 Å². The van der Waals surface area contributed by atoms with Gasteiger partial charge in [0.15, 0.2) is 0 Å². The molecule has 0 spiro atoms. The molecule has 142 valence electrons. The first-order valence-corrected chi connectivity index (χ1v) is 8.81. The summed E-state index contributed by atoms with van der Waals surface area (Å²) in [7, 11) is 3.02. The number of pyridine rings is 1. The van der Waals surface area contributed by atoms with E-state index in [1.54, 1.807) is 42.3 Å². The van der Waals surface area contributed by atoms with Crippen molar-refractivity contribution in [1.82, 2.24) is 4.98 Å². The predicted molar refractivity (Wildman–Crippen MR) is 109 cm³/mol. The van der Waals surface area contributed by atoms with Crippen LogP contribution in [0.1, 0.15) is 20.7 Å². The SMILES string of the molecule is COC(=O)c1ccc(Cl)c(Nc2cc(C(=O)N(C)c3ccccc3)ccn2)c1. The maximum atomic E-state index is 12.8. The number of rotatable bonds is 5. The number of methoxy groups -OCH3 is 1. The molecule has 0 aliphatic carbocycles. The van der Waals surface area contributed by atoms with Crippen LogP contribution < -0.4 is 10.2 Å². The number of nitrogens with one attached hydrogen (secondary N) is 1. The summed E-state index contributed by atoms with van der Waals surface area (Å²) in [5.74, 6) is -0.219. The molecule has 3 rings (SSSR count). The van der Waals surface area contributed by atoms with E-state index >= 15 is 0 Å². The molecule has 1 amide bonds. The summed E-state index contributed by atoms with van der Waals surface area (Å²) >= 11 is 6.21. The van der Waals surface area contributed by atoms with Crippen LogP contribution in [0.5, 0.6) is 0 Å². The normalized spacial score (nSPS) is 10.2. The lowest BCUT2D eigenvalue weighted by molar-refractivity contribution is 0.0600. The Hall–Kier alpha value is -3.38. The maximum absolute atomic E-state index is 12.8. The molecule has 0 aliphatic rings. The average molecular weight is 396 g/mol. The van der Waals surface area contributed by atoms with Gasteiger partial charge in [0.25, 0.3) is 5.91 Å². The Bertz CT molecular complexity index is 1010. The maximum Gasteiger partial charge on any atom is 0.337 e. The van der Waals surface area contributed by atoms with Crippen LogP contribution in [0.2, 0.25) is 5.02 Å². The summed E-state index contributed by atoms with van der Waals surface area (Å²) < 4.78 is 4.72. The standard InChI is InChI=1S/C21H18ClN3O3/c1-25(16-6-4-3-5-7-16)20(26)14-10-11-23-19(13-14)24-18-12-15(21(27)28-2)8-9-17(18)22/h3-13H,1-2H3,(H,23,24). The molecule has 0 aliphatic heterocycles. The van der Waals surface area contributed by atoms with Gasteiger partial charge in [0, 0.05) is 24.5 Å². The first kappa shape index (κ1) is 19.4. The highest BCUT2D eigenvalue weighted by Crippen LogP contribution is 2.27. The first-order valence-electron chi connectivity index (χ1n) is 8.43. The number of carbonyl (C=O) groups is 2. The van der Waals surface area contributed by atoms with Crippen molar-refractivity contribution in [2.24, 2.45) is 0 Å². The Kier molecular flexibility index (Phi) is 5.91. The summed E-state index contributed by atoms with van der Waals surface area (Å²) in [6.45, 7) is 0. The van der Waals surface area contributed by atoms with E-state index < -0.39 is 5.97 Å². The Labute approximate surface area is 167 Å². The predicted octanol–water partition coefficient (Wildman–Crippen LogP) is 4.54. The minimum Gasteiger partial charge on any atom is -0.465 e. The van der Waals surface area contributed by atoms with Gasteiger partial charge in [0.2, 0.25) is 0 Å². The lowest BCUT2D eigenvalue weighted by atomic mass is 10.2. The number of nitrogens with zero attached hydrogens (tertiary/aromatic N) is 2. The van der Waals surface area contributed by atoms with Crippen molar-refractivity contribution in [2.45, 2.75) is 0 Å². The largest absolute Gasteiger partial charge is 0.465 e. The van der Waals surface area contributed by atoms with Gasteiger partial charge >= 0.3 is 5.97 Å². The summed E-state index contributed by atoms with van der Waals surface area (Å²) in [6, 6.07) is 17.3. The van der Waals surface area contributed by atoms with Crippen molar-refractivity contribution in [2.75, 3.05) is 24.4 Å². The van der Waals surface area contributed by atoms with Gasteiger partial charge in [-0.3, -0.25) is 4.79 Å². The highest BCUT2D eigenvalue weighted by Gasteiger charge is 2.15. The van der Waals surface area contributed by atoms with Crippen LogP contribution in [0.3, 0.4) is 0 Å². The van der Waals surface area contributed by atoms with Gasteiger partial charge in [-0.25, -0.2) is 9.78 Å². The van der Waals surface area contributed by atoms with E-state index in [2.05, 4.69) is 10.3 Å². The van der Waals surface area contributed by atoms with Crippen LogP contribution in [-0.4, -0.2) is 31.0 Å². The Balaban J connectivity index is 1.84. The zero-order valence-corrected chi connectivity index (χ0v) is 16.1. The minimum atomic E-state index is -0.471. The molecule has 28 heavy (non-hydrogen) atoms. The number of carbonyl (C=O) groups excluding carboxylic acids is 2. The van der Waals surface area contributed by atoms with E-state index in [9.17, 15) is 9.59 Å². The number of amides is 1. The number of benzene rings is 2. The summed E-state index contributed by atoms with van der Waals surface area (Å²) in [4.78, 5) is 30.3. The smallest absolute Gasteiger partial charge is 0.337 e. The van der Waals surface area contributed by atoms with Crippen molar-refractivity contribution in [3.05, 3.63) is 83.0 Å². The number of esters is 1. The monoisotopic (exact) mass is 395 g/mol. The Morgan fingerprint density at radius 2 is 1.79 bits per heavy atom. The van der Waals surface area contributed by atoms with E-state index in [-0.39, 0.29) is 5.91 Å². The van der Waals surface area contributed by atoms with Crippen LogP contribution in [0, 0.1) is 0 Å². The molecule has 1 N–H and O–H groups in total. The molecule has 1 heterocycles. The fraction of sp³-hybridized carbons (Fsp3) is 0.0952. The third-order valence-corrected chi connectivity index (χ3v) is 4.43. The molecule has 6 nitrogen and oxygen atoms in total. The third kappa shape index (κ3) is 4.29. The van der Waals surface area contributed by atoms with Gasteiger partial charge in [-0.2, -0.15) is 0 Å². The Morgan fingerprint density at radius 1 is 1.04 bits per heavy atom. The van der Waals surface area contributed by atoms with Crippen LogP contribution in [-0.2, 0) is 4.74 Å². The quantitative estimate of drug-likeness (QED) is 0.642. The minimum absolute atomic E-state index is 0.175. The molecule has 0 bridgehead atoms. The van der Waals surface area contributed by atoms with Crippen molar-refractivity contribution in [1.29, 1.82) is 0 Å². The van der Waals surface area contributed by atoms with Crippen LogP contribution in [0.4, 0.5) is 17.2 Å². The lowest BCUT2D eigenvalue weighted by Gasteiger charge is -2.17. The first-order chi connectivity index (χ1) is 13.5. The number of anilines is 3. The molecule has 0 unspecified atom stereocenters. The van der Waals surface area contributed by atoms with Gasteiger partial charge < -0.3 is 15.0 Å². The molecule has 1 aromatic heterocycles. The second-order valence-corrected chi connectivity index (χ2v) is 6.35. The van der Waals surface area contributed by atoms with Gasteiger partial charge in [-0.05, 0) is 42.5 Å². The third-order valence-electron chi connectivity index (χ3n) is 4.11. The second-order valence-electron chi connectivity index (χ2n) is 5.94. The fourth-order valence-electron chi connectivity index (χ4n) is 2.60. The van der Waals surface area contributed by atoms with Crippen molar-refractivity contribution in [3.63, 3.8) is 0 Å². The average Bonchev–Trinajstić information content (AvgIpc) is 2.74. The Morgan fingerprint density at radius 3 is 2.50 bits per heavy atom. The highest BCUT2D eigenvalue weighted by molar-refractivity contribution is 6.33. The van der Waals surface area contributed by atoms with Crippen LogP contribution in [0.25, 0.3) is 0 Å². The van der Waals surface area contributed by atoms with Crippen LogP contribution >= 0.6 is 11.6 Å². The van der Waals surface area contributed by atoms with Crippen molar-refractivity contribution >= 4 is 40.7 Å². The molecule has 0 radical (unpaired) electrons. The summed E-state index contributed by atoms with van der Waals surface area (Å²) in [5.41, 5.74) is 2.08. The molecule has 7 heteroatoms. The molecule has 0 atom stereocenters. The number of aromatic nitrogens is 1. The molecule has 3 aromatic rings. The second kappa shape index (κ2) is 8.54. The molecular weight excluding hydrogens is 378 g/mol. The number of ether oxygens (including phenoxy) is 1. The zero-order valence-electron chi connectivity index (χ0n) is 15.3. The molecule has 0 saturated heterocycles. The van der Waals surface area contributed by atoms with Gasteiger partial charge in [-0.1, -0.05) is 29.8 Å². The number of halogens is 1. The van der Waals surface area contributed by atoms with Crippen molar-refractivity contribution < 1.29 is 14.3 Å². The number of para-hydroxylation sites is 1. The summed E-state index contributed by atoms with van der Waals surface area (Å²) in [6.07, 6.45) is 1.53.